The van der Waals surface area contributed by atoms with E-state index in [1.165, 1.54) is 12.1 Å². The van der Waals surface area contributed by atoms with E-state index in [1.807, 2.05) is 13.8 Å². The van der Waals surface area contributed by atoms with Gasteiger partial charge in [0.1, 0.15) is 12.7 Å². The second-order valence-electron chi connectivity index (χ2n) is 8.83. The molecular weight excluding hydrogens is 424 g/mol. The van der Waals surface area contributed by atoms with E-state index in [2.05, 4.69) is 6.58 Å². The van der Waals surface area contributed by atoms with Gasteiger partial charge in [0.2, 0.25) is 0 Å². The maximum atomic E-state index is 12.9. The molecule has 1 saturated heterocycles. The number of hydrogen-bond donors (Lipinski definition) is 3. The highest BCUT2D eigenvalue weighted by Crippen LogP contribution is 2.63. The van der Waals surface area contributed by atoms with Gasteiger partial charge in [0.25, 0.3) is 0 Å². The van der Waals surface area contributed by atoms with Crippen molar-refractivity contribution in [1.82, 2.24) is 0 Å². The summed E-state index contributed by atoms with van der Waals surface area (Å²) in [4.78, 5) is 25.2. The lowest BCUT2D eigenvalue weighted by Gasteiger charge is -2.46. The number of epoxide rings is 1. The first kappa shape index (κ1) is 21.9. The predicted octanol–water partition coefficient (Wildman–Crippen LogP) is 2.84. The molecule has 0 unspecified atom stereocenters. The second kappa shape index (κ2) is 7.36. The quantitative estimate of drug-likeness (QED) is 0.274. The largest absolute Gasteiger partial charge is 0.504 e. The minimum atomic E-state index is -1.23. The highest BCUT2D eigenvalue weighted by molar-refractivity contribution is 6.32. The molecule has 3 aliphatic rings. The van der Waals surface area contributed by atoms with Crippen molar-refractivity contribution >= 4 is 23.4 Å². The van der Waals surface area contributed by atoms with Crippen molar-refractivity contribution in [2.75, 3.05) is 6.61 Å². The number of phenolic OH excluding ortho intramolecular Hbond substituents is 2. The Labute approximate surface area is 184 Å². The number of aliphatic hydroxyl groups is 1. The first-order chi connectivity index (χ1) is 14.5. The number of hydrogen-bond acceptors (Lipinski definition) is 7. The van der Waals surface area contributed by atoms with Crippen molar-refractivity contribution in [3.05, 3.63) is 46.5 Å². The van der Waals surface area contributed by atoms with E-state index in [0.717, 1.165) is 5.57 Å². The molecule has 8 heteroatoms. The van der Waals surface area contributed by atoms with E-state index in [4.69, 9.17) is 21.1 Å². The molecule has 0 spiro atoms. The third kappa shape index (κ3) is 3.26. The summed E-state index contributed by atoms with van der Waals surface area (Å²) in [6.45, 7) is 7.73. The molecule has 4 rings (SSSR count). The van der Waals surface area contributed by atoms with Crippen molar-refractivity contribution in [3.8, 4) is 11.5 Å². The number of carbonyl (C=O) groups excluding carboxylic acids is 2. The van der Waals surface area contributed by atoms with Crippen LogP contribution in [0.1, 0.15) is 32.3 Å². The molecule has 0 bridgehead atoms. The van der Waals surface area contributed by atoms with Crippen LogP contribution in [0.4, 0.5) is 0 Å². The van der Waals surface area contributed by atoms with Gasteiger partial charge in [-0.15, -0.1) is 0 Å². The molecule has 2 fully saturated rings. The van der Waals surface area contributed by atoms with Crippen molar-refractivity contribution < 1.29 is 34.4 Å². The van der Waals surface area contributed by atoms with Crippen LogP contribution < -0.4 is 0 Å². The molecule has 1 saturated carbocycles. The number of ether oxygens (including phenoxy) is 2. The minimum absolute atomic E-state index is 0.0762. The first-order valence-corrected chi connectivity index (χ1v) is 10.5. The number of fused-ring (bicyclic) bond motifs is 3. The van der Waals surface area contributed by atoms with Gasteiger partial charge >= 0.3 is 5.97 Å². The molecule has 7 nitrogen and oxygen atoms in total. The summed E-state index contributed by atoms with van der Waals surface area (Å²) in [6, 6.07) is 2.59. The molecule has 0 amide bonds. The molecule has 31 heavy (non-hydrogen) atoms. The standard InChI is InChI=1S/C23H25ClO7/c1-11(10-30-19(28)8-13-6-15(24)20(29)17(26)7-13)23-18(27)9-14-4-5-16(25)12(2)22(14,3)21(23)31-23/h6-7,9,12,16,21,25-26,29H,1,4-5,8,10H2,2-3H3/t12-,16+,21+,22+,23-/m0/s1. The molecule has 3 N–H and O–H groups in total. The predicted molar refractivity (Wildman–Crippen MR) is 112 cm³/mol. The molecule has 1 heterocycles. The molecule has 2 aliphatic carbocycles. The van der Waals surface area contributed by atoms with Gasteiger partial charge < -0.3 is 24.8 Å². The number of ketones is 1. The first-order valence-electron chi connectivity index (χ1n) is 10.2. The Balaban J connectivity index is 1.44. The molecular formula is C23H25ClO7. The van der Waals surface area contributed by atoms with E-state index in [9.17, 15) is 24.9 Å². The van der Waals surface area contributed by atoms with E-state index in [1.54, 1.807) is 6.08 Å². The fourth-order valence-electron chi connectivity index (χ4n) is 4.98. The maximum Gasteiger partial charge on any atom is 0.310 e. The molecule has 5 atom stereocenters. The zero-order chi connectivity index (χ0) is 22.7. The van der Waals surface area contributed by atoms with Gasteiger partial charge in [-0.3, -0.25) is 9.59 Å². The Hall–Kier alpha value is -2.35. The highest BCUT2D eigenvalue weighted by atomic mass is 35.5. The van der Waals surface area contributed by atoms with Crippen molar-refractivity contribution in [1.29, 1.82) is 0 Å². The van der Waals surface area contributed by atoms with Crippen LogP contribution in [0.15, 0.2) is 35.9 Å². The van der Waals surface area contributed by atoms with Gasteiger partial charge in [0, 0.05) is 11.0 Å². The number of aliphatic hydroxyl groups excluding tert-OH is 1. The third-order valence-corrected chi connectivity index (χ3v) is 7.43. The molecule has 0 radical (unpaired) electrons. The van der Waals surface area contributed by atoms with Gasteiger partial charge in [0.15, 0.2) is 22.9 Å². The minimum Gasteiger partial charge on any atom is -0.504 e. The van der Waals surface area contributed by atoms with Gasteiger partial charge in [-0.2, -0.15) is 0 Å². The number of carbonyl (C=O) groups is 2. The number of halogens is 1. The number of phenols is 2. The third-order valence-electron chi connectivity index (χ3n) is 7.14. The Kier molecular flexibility index (Phi) is 5.19. The van der Waals surface area contributed by atoms with Gasteiger partial charge in [-0.05, 0) is 42.5 Å². The average Bonchev–Trinajstić information content (AvgIpc) is 3.48. The Morgan fingerprint density at radius 1 is 1.39 bits per heavy atom. The number of benzene rings is 1. The molecule has 0 aromatic heterocycles. The van der Waals surface area contributed by atoms with Crippen LogP contribution in [-0.2, 0) is 25.5 Å². The number of aromatic hydroxyl groups is 2. The summed E-state index contributed by atoms with van der Waals surface area (Å²) < 4.78 is 11.2. The van der Waals surface area contributed by atoms with Gasteiger partial charge in [0.05, 0.1) is 17.5 Å². The number of esters is 1. The summed E-state index contributed by atoms with van der Waals surface area (Å²) in [5.41, 5.74) is -0.00932. The maximum absolute atomic E-state index is 12.9. The van der Waals surface area contributed by atoms with Gasteiger partial charge in [-0.1, -0.05) is 37.6 Å². The second-order valence-corrected chi connectivity index (χ2v) is 9.24. The smallest absolute Gasteiger partial charge is 0.310 e. The Morgan fingerprint density at radius 2 is 2.10 bits per heavy atom. The summed E-state index contributed by atoms with van der Waals surface area (Å²) >= 11 is 5.81. The summed E-state index contributed by atoms with van der Waals surface area (Å²) in [5.74, 6) is -1.79. The van der Waals surface area contributed by atoms with Crippen molar-refractivity contribution in [2.45, 2.75) is 50.9 Å². The van der Waals surface area contributed by atoms with Crippen LogP contribution in [0.3, 0.4) is 0 Å². The van der Waals surface area contributed by atoms with Crippen LogP contribution in [0.5, 0.6) is 11.5 Å². The lowest BCUT2D eigenvalue weighted by Crippen LogP contribution is -2.50. The van der Waals surface area contributed by atoms with Crippen LogP contribution in [0.25, 0.3) is 0 Å². The lowest BCUT2D eigenvalue weighted by molar-refractivity contribution is -0.142. The monoisotopic (exact) mass is 448 g/mol. The van der Waals surface area contributed by atoms with Crippen LogP contribution >= 0.6 is 11.6 Å². The van der Waals surface area contributed by atoms with Crippen LogP contribution in [-0.4, -0.2) is 51.5 Å². The molecule has 1 aliphatic heterocycles. The normalized spacial score (nSPS) is 33.7. The lowest BCUT2D eigenvalue weighted by atomic mass is 9.57. The highest BCUT2D eigenvalue weighted by Gasteiger charge is 2.74. The fraction of sp³-hybridized carbons (Fsp3) is 0.478. The van der Waals surface area contributed by atoms with Gasteiger partial charge in [-0.25, -0.2) is 0 Å². The number of rotatable bonds is 5. The van der Waals surface area contributed by atoms with E-state index >= 15 is 0 Å². The van der Waals surface area contributed by atoms with Crippen LogP contribution in [0, 0.1) is 11.3 Å². The topological polar surface area (TPSA) is 117 Å². The average molecular weight is 449 g/mol. The van der Waals surface area contributed by atoms with E-state index < -0.39 is 40.7 Å². The van der Waals surface area contributed by atoms with E-state index in [0.29, 0.717) is 24.0 Å². The fourth-order valence-corrected chi connectivity index (χ4v) is 5.21. The van der Waals surface area contributed by atoms with Crippen molar-refractivity contribution in [2.24, 2.45) is 11.3 Å². The van der Waals surface area contributed by atoms with E-state index in [-0.39, 0.29) is 29.8 Å². The molecule has 166 valence electrons. The summed E-state index contributed by atoms with van der Waals surface area (Å²) in [5, 5.41) is 29.4. The zero-order valence-electron chi connectivity index (χ0n) is 17.4. The molecule has 1 aromatic rings. The molecule has 1 aromatic carbocycles. The summed E-state index contributed by atoms with van der Waals surface area (Å²) in [7, 11) is 0. The zero-order valence-corrected chi connectivity index (χ0v) is 18.1. The van der Waals surface area contributed by atoms with Crippen molar-refractivity contribution in [3.63, 3.8) is 0 Å². The van der Waals surface area contributed by atoms with Crippen LogP contribution in [0.2, 0.25) is 5.02 Å². The Morgan fingerprint density at radius 3 is 2.77 bits per heavy atom. The Bertz CT molecular complexity index is 992. The summed E-state index contributed by atoms with van der Waals surface area (Å²) in [6.07, 6.45) is 1.77. The SMILES string of the molecule is C=C(COC(=O)Cc1cc(O)c(O)c(Cl)c1)[C@@]12O[C@@H]1[C@@]1(C)C(=CC2=O)CC[C@@H](O)[C@@H]1C.